The number of benzene rings is 1. The van der Waals surface area contributed by atoms with Gasteiger partial charge in [0.15, 0.2) is 11.6 Å². The predicted molar refractivity (Wildman–Crippen MR) is 148 cm³/mol. The van der Waals surface area contributed by atoms with Crippen LogP contribution in [-0.2, 0) is 11.3 Å². The van der Waals surface area contributed by atoms with E-state index in [1.807, 2.05) is 19.9 Å². The number of carbonyl (C=O) groups is 2. The minimum atomic E-state index is -0.764. The third kappa shape index (κ3) is 7.52. The molecule has 1 aromatic carbocycles. The molecule has 0 saturated carbocycles. The third-order valence-corrected chi connectivity index (χ3v) is 5.79. The lowest BCUT2D eigenvalue weighted by molar-refractivity contribution is -0.385. The van der Waals surface area contributed by atoms with Gasteiger partial charge in [-0.05, 0) is 59.6 Å². The van der Waals surface area contributed by atoms with Crippen LogP contribution in [0.2, 0.25) is 0 Å². The number of primary amides is 1. The maximum Gasteiger partial charge on any atom is 0.410 e. The first-order valence-corrected chi connectivity index (χ1v) is 12.9. The zero-order valence-electron chi connectivity index (χ0n) is 23.6. The molecule has 2 heterocycles. The van der Waals surface area contributed by atoms with E-state index in [0.29, 0.717) is 43.0 Å². The molecule has 3 rings (SSSR count). The summed E-state index contributed by atoms with van der Waals surface area (Å²) < 4.78 is 12.9. The van der Waals surface area contributed by atoms with Crippen molar-refractivity contribution in [3.63, 3.8) is 0 Å². The molecule has 0 bridgehead atoms. The Bertz CT molecular complexity index is 1380. The minimum Gasteiger partial charge on any atom is -0.487 e. The van der Waals surface area contributed by atoms with Gasteiger partial charge in [-0.3, -0.25) is 19.6 Å². The number of aromatic nitrogens is 4. The van der Waals surface area contributed by atoms with Crippen molar-refractivity contribution in [2.24, 2.45) is 5.73 Å². The smallest absolute Gasteiger partial charge is 0.410 e. The van der Waals surface area contributed by atoms with Crippen LogP contribution in [0.25, 0.3) is 22.6 Å². The molecular weight excluding hydrogens is 518 g/mol. The summed E-state index contributed by atoms with van der Waals surface area (Å²) >= 11 is 0. The summed E-state index contributed by atoms with van der Waals surface area (Å²) in [5, 5.41) is 16.5. The summed E-state index contributed by atoms with van der Waals surface area (Å²) in [5.74, 6) is -0.451. The zero-order chi connectivity index (χ0) is 29.6. The largest absolute Gasteiger partial charge is 0.487 e. The highest BCUT2D eigenvalue weighted by atomic mass is 16.6. The van der Waals surface area contributed by atoms with Crippen LogP contribution in [0.3, 0.4) is 0 Å². The molecule has 40 heavy (non-hydrogen) atoms. The van der Waals surface area contributed by atoms with Crippen molar-refractivity contribution in [3.8, 4) is 28.4 Å². The summed E-state index contributed by atoms with van der Waals surface area (Å²) in [4.78, 5) is 46.0. The number of ether oxygens (including phenoxy) is 2. The van der Waals surface area contributed by atoms with E-state index in [4.69, 9.17) is 15.2 Å². The van der Waals surface area contributed by atoms with Crippen molar-refractivity contribution in [2.45, 2.75) is 59.6 Å². The van der Waals surface area contributed by atoms with Gasteiger partial charge in [0.25, 0.3) is 0 Å². The molecule has 0 fully saturated rings. The molecule has 0 atom stereocenters. The number of aryl methyl sites for hydroxylation is 2. The van der Waals surface area contributed by atoms with Crippen LogP contribution in [0, 0.1) is 17.0 Å². The van der Waals surface area contributed by atoms with E-state index in [9.17, 15) is 19.7 Å². The van der Waals surface area contributed by atoms with Crippen molar-refractivity contribution in [2.75, 3.05) is 20.2 Å². The molecule has 2 N–H and O–H groups in total. The van der Waals surface area contributed by atoms with E-state index < -0.39 is 22.5 Å². The Kier molecular flexibility index (Phi) is 9.40. The molecule has 0 saturated heterocycles. The Morgan fingerprint density at radius 2 is 1.82 bits per heavy atom. The molecule has 2 amide bonds. The SMILES string of the molecule is CCn1nc(C)cc1-c1ncc(-c2cc(C(N)=O)cc(OCCCCN(C)C(=O)OC(C)(C)C)c2[N+](=O)[O-])cn1. The molecule has 13 nitrogen and oxygen atoms in total. The number of nitro groups is 1. The van der Waals surface area contributed by atoms with Crippen molar-refractivity contribution in [1.82, 2.24) is 24.6 Å². The quantitative estimate of drug-likeness (QED) is 0.206. The Hall–Kier alpha value is -4.55. The number of hydrogen-bond donors (Lipinski definition) is 1. The van der Waals surface area contributed by atoms with Gasteiger partial charge < -0.3 is 20.1 Å². The number of nitrogens with two attached hydrogens (primary N) is 1. The number of hydrogen-bond acceptors (Lipinski definition) is 9. The van der Waals surface area contributed by atoms with Crippen LogP contribution in [0.4, 0.5) is 10.5 Å². The lowest BCUT2D eigenvalue weighted by atomic mass is 10.0. The molecule has 0 aliphatic carbocycles. The molecule has 0 unspecified atom stereocenters. The number of rotatable bonds is 11. The Morgan fingerprint density at radius 1 is 1.15 bits per heavy atom. The second-order valence-electron chi connectivity index (χ2n) is 10.2. The minimum absolute atomic E-state index is 0.0454. The number of nitrogens with zero attached hydrogens (tertiary/aromatic N) is 6. The van der Waals surface area contributed by atoms with Gasteiger partial charge >= 0.3 is 11.8 Å². The number of carbonyl (C=O) groups excluding carboxylic acids is 2. The predicted octanol–water partition coefficient (Wildman–Crippen LogP) is 4.37. The van der Waals surface area contributed by atoms with Gasteiger partial charge in [-0.1, -0.05) is 0 Å². The first-order valence-electron chi connectivity index (χ1n) is 12.9. The molecule has 2 aromatic heterocycles. The van der Waals surface area contributed by atoms with Crippen LogP contribution in [0.15, 0.2) is 30.6 Å². The normalized spacial score (nSPS) is 11.2. The fourth-order valence-electron chi connectivity index (χ4n) is 3.90. The van der Waals surface area contributed by atoms with E-state index in [0.717, 1.165) is 5.69 Å². The molecule has 0 radical (unpaired) electrons. The number of nitro benzene ring substituents is 1. The van der Waals surface area contributed by atoms with Gasteiger partial charge in [0, 0.05) is 49.7 Å². The van der Waals surface area contributed by atoms with Crippen LogP contribution in [0.1, 0.15) is 56.6 Å². The van der Waals surface area contributed by atoms with E-state index in [1.165, 1.54) is 29.4 Å². The highest BCUT2D eigenvalue weighted by Crippen LogP contribution is 2.39. The maximum atomic E-state index is 12.1. The first-order chi connectivity index (χ1) is 18.8. The highest BCUT2D eigenvalue weighted by molar-refractivity contribution is 5.96. The van der Waals surface area contributed by atoms with E-state index in [1.54, 1.807) is 32.5 Å². The third-order valence-electron chi connectivity index (χ3n) is 5.79. The Labute approximate surface area is 232 Å². The van der Waals surface area contributed by atoms with Gasteiger partial charge in [-0.25, -0.2) is 14.8 Å². The fraction of sp³-hybridized carbons (Fsp3) is 0.444. The lowest BCUT2D eigenvalue weighted by Crippen LogP contribution is -2.34. The van der Waals surface area contributed by atoms with E-state index in [-0.39, 0.29) is 29.2 Å². The Morgan fingerprint density at radius 3 is 2.40 bits per heavy atom. The standard InChI is InChI=1S/C27H35N7O6/c1-7-33-21(12-17(2)31-33)25-29-15-19(16-30-25)20-13-18(24(28)35)14-22(23(20)34(37)38)39-11-9-8-10-32(6)26(36)40-27(3,4)5/h12-16H,7-11H2,1-6H3,(H2,28,35). The van der Waals surface area contributed by atoms with Gasteiger partial charge in [0.1, 0.15) is 11.3 Å². The summed E-state index contributed by atoms with van der Waals surface area (Å²) in [6.45, 7) is 10.3. The van der Waals surface area contributed by atoms with Gasteiger partial charge in [-0.2, -0.15) is 5.10 Å². The molecule has 0 aliphatic rings. The van der Waals surface area contributed by atoms with Crippen LogP contribution < -0.4 is 10.5 Å². The molecule has 0 aliphatic heterocycles. The summed E-state index contributed by atoms with van der Waals surface area (Å²) in [5.41, 5.74) is 6.59. The second kappa shape index (κ2) is 12.5. The Balaban J connectivity index is 1.81. The fourth-order valence-corrected chi connectivity index (χ4v) is 3.90. The number of amides is 2. The van der Waals surface area contributed by atoms with Crippen molar-refractivity contribution >= 4 is 17.7 Å². The molecule has 214 valence electrons. The maximum absolute atomic E-state index is 12.1. The average Bonchev–Trinajstić information content (AvgIpc) is 3.27. The zero-order valence-corrected chi connectivity index (χ0v) is 23.6. The van der Waals surface area contributed by atoms with Gasteiger partial charge in [0.05, 0.1) is 22.8 Å². The van der Waals surface area contributed by atoms with E-state index >= 15 is 0 Å². The molecule has 3 aromatic rings. The van der Waals surface area contributed by atoms with Crippen LogP contribution in [0.5, 0.6) is 5.75 Å². The first kappa shape index (κ1) is 30.0. The summed E-state index contributed by atoms with van der Waals surface area (Å²) in [7, 11) is 1.63. The van der Waals surface area contributed by atoms with Crippen LogP contribution >= 0.6 is 0 Å². The molecule has 13 heteroatoms. The summed E-state index contributed by atoms with van der Waals surface area (Å²) in [6.07, 6.45) is 3.52. The average molecular weight is 554 g/mol. The summed E-state index contributed by atoms with van der Waals surface area (Å²) in [6, 6.07) is 4.45. The topological polar surface area (TPSA) is 169 Å². The lowest BCUT2D eigenvalue weighted by Gasteiger charge is -2.24. The monoisotopic (exact) mass is 553 g/mol. The van der Waals surface area contributed by atoms with Crippen molar-refractivity contribution in [1.29, 1.82) is 0 Å². The van der Waals surface area contributed by atoms with Gasteiger partial charge in [0.2, 0.25) is 5.91 Å². The van der Waals surface area contributed by atoms with E-state index in [2.05, 4.69) is 15.1 Å². The highest BCUT2D eigenvalue weighted by Gasteiger charge is 2.26. The van der Waals surface area contributed by atoms with Crippen LogP contribution in [-0.4, -0.2) is 67.4 Å². The molecular formula is C27H35N7O6. The van der Waals surface area contributed by atoms with Crippen molar-refractivity contribution in [3.05, 3.63) is 52.0 Å². The number of unbranched alkanes of at least 4 members (excludes halogenated alkanes) is 1. The van der Waals surface area contributed by atoms with Crippen molar-refractivity contribution < 1.29 is 24.0 Å². The molecule has 0 spiro atoms. The van der Waals surface area contributed by atoms with Gasteiger partial charge in [-0.15, -0.1) is 0 Å². The second-order valence-corrected chi connectivity index (χ2v) is 10.2.